The summed E-state index contributed by atoms with van der Waals surface area (Å²) in [7, 11) is 0. The Bertz CT molecular complexity index is 292. The van der Waals surface area contributed by atoms with E-state index in [-0.39, 0.29) is 0 Å². The van der Waals surface area contributed by atoms with E-state index >= 15 is 0 Å². The molecule has 3 heteroatoms. The first-order valence-corrected chi connectivity index (χ1v) is 4.43. The molecule has 0 aromatic heterocycles. The molecule has 2 rings (SSSR count). The fraction of sp³-hybridized carbons (Fsp3) is 0.400. The molecule has 0 amide bonds. The quantitative estimate of drug-likeness (QED) is 0.628. The highest BCUT2D eigenvalue weighted by molar-refractivity contribution is 5.45. The Morgan fingerprint density at radius 3 is 3.15 bits per heavy atom. The van der Waals surface area contributed by atoms with Gasteiger partial charge in [0.05, 0.1) is 0 Å². The van der Waals surface area contributed by atoms with E-state index in [0.29, 0.717) is 12.4 Å². The normalized spacial score (nSPS) is 15.8. The molecule has 1 aliphatic heterocycles. The van der Waals surface area contributed by atoms with Gasteiger partial charge in [-0.05, 0) is 18.6 Å². The van der Waals surface area contributed by atoms with E-state index < -0.39 is 0 Å². The van der Waals surface area contributed by atoms with Crippen LogP contribution in [0.15, 0.2) is 12.1 Å². The summed E-state index contributed by atoms with van der Waals surface area (Å²) < 4.78 is 5.46. The van der Waals surface area contributed by atoms with Crippen molar-refractivity contribution in [2.75, 3.05) is 13.2 Å². The number of nitrogens with one attached hydrogen (secondary N) is 1. The second-order valence-electron chi connectivity index (χ2n) is 3.27. The first-order valence-electron chi connectivity index (χ1n) is 4.43. The van der Waals surface area contributed by atoms with Crippen molar-refractivity contribution in [1.29, 1.82) is 0 Å². The molecule has 0 atom stereocenters. The maximum Gasteiger partial charge on any atom is 0.127 e. The van der Waals surface area contributed by atoms with Crippen molar-refractivity contribution in [2.45, 2.75) is 13.5 Å². The Kier molecular flexibility index (Phi) is 2.10. The molecule has 0 fully saturated rings. The number of aryl methyl sites for hydroxylation is 1. The Labute approximate surface area is 77.3 Å². The molecule has 13 heavy (non-hydrogen) atoms. The number of phenols is 1. The van der Waals surface area contributed by atoms with Gasteiger partial charge in [0, 0.05) is 24.7 Å². The second kappa shape index (κ2) is 3.26. The van der Waals surface area contributed by atoms with Crippen molar-refractivity contribution in [3.05, 3.63) is 23.3 Å². The van der Waals surface area contributed by atoms with Gasteiger partial charge in [0.15, 0.2) is 0 Å². The Hall–Kier alpha value is -1.22. The van der Waals surface area contributed by atoms with Crippen LogP contribution in [0.25, 0.3) is 0 Å². The molecule has 1 aliphatic rings. The summed E-state index contributed by atoms with van der Waals surface area (Å²) in [5.41, 5.74) is 2.01. The van der Waals surface area contributed by atoms with E-state index in [9.17, 15) is 5.11 Å². The predicted octanol–water partition coefficient (Wildman–Crippen LogP) is 1.18. The Morgan fingerprint density at radius 2 is 2.31 bits per heavy atom. The van der Waals surface area contributed by atoms with Gasteiger partial charge in [0.2, 0.25) is 0 Å². The van der Waals surface area contributed by atoms with Crippen LogP contribution in [0.4, 0.5) is 0 Å². The minimum atomic E-state index is 0.306. The van der Waals surface area contributed by atoms with Crippen LogP contribution in [0.3, 0.4) is 0 Å². The molecule has 1 aromatic carbocycles. The lowest BCUT2D eigenvalue weighted by molar-refractivity contribution is 0.323. The second-order valence-corrected chi connectivity index (χ2v) is 3.27. The molecule has 2 N–H and O–H groups in total. The highest BCUT2D eigenvalue weighted by Gasteiger charge is 2.10. The molecule has 1 heterocycles. The number of ether oxygens (including phenoxy) is 1. The van der Waals surface area contributed by atoms with Crippen LogP contribution in [-0.4, -0.2) is 18.3 Å². The van der Waals surface area contributed by atoms with Gasteiger partial charge in [-0.15, -0.1) is 0 Å². The van der Waals surface area contributed by atoms with Crippen LogP contribution in [-0.2, 0) is 6.54 Å². The maximum absolute atomic E-state index is 9.47. The van der Waals surface area contributed by atoms with Crippen molar-refractivity contribution in [3.63, 3.8) is 0 Å². The summed E-state index contributed by atoms with van der Waals surface area (Å²) in [6.07, 6.45) is 0. The molecular weight excluding hydrogens is 166 g/mol. The largest absolute Gasteiger partial charge is 0.508 e. The molecule has 70 valence electrons. The third kappa shape index (κ3) is 1.60. The smallest absolute Gasteiger partial charge is 0.127 e. The van der Waals surface area contributed by atoms with E-state index in [1.807, 2.05) is 13.0 Å². The number of fused-ring (bicyclic) bond motifs is 1. The van der Waals surface area contributed by atoms with Gasteiger partial charge in [0.25, 0.3) is 0 Å². The van der Waals surface area contributed by atoms with Gasteiger partial charge in [-0.25, -0.2) is 0 Å². The molecule has 0 bridgehead atoms. The summed E-state index contributed by atoms with van der Waals surface area (Å²) in [5.74, 6) is 1.11. The number of aromatic hydroxyl groups is 1. The lowest BCUT2D eigenvalue weighted by Crippen LogP contribution is -2.16. The van der Waals surface area contributed by atoms with Crippen LogP contribution in [0, 0.1) is 6.92 Å². The zero-order chi connectivity index (χ0) is 9.26. The van der Waals surface area contributed by atoms with Crippen LogP contribution in [0.2, 0.25) is 0 Å². The maximum atomic E-state index is 9.47. The average Bonchev–Trinajstić information content (AvgIpc) is 2.31. The van der Waals surface area contributed by atoms with E-state index in [1.54, 1.807) is 6.07 Å². The summed E-state index contributed by atoms with van der Waals surface area (Å²) in [6.45, 7) is 4.22. The van der Waals surface area contributed by atoms with Crippen molar-refractivity contribution < 1.29 is 9.84 Å². The number of hydrogen-bond acceptors (Lipinski definition) is 3. The van der Waals surface area contributed by atoms with Crippen LogP contribution < -0.4 is 10.1 Å². The van der Waals surface area contributed by atoms with Gasteiger partial charge >= 0.3 is 0 Å². The molecular formula is C10H13NO2. The first-order chi connectivity index (χ1) is 6.27. The first kappa shape index (κ1) is 8.38. The summed E-state index contributed by atoms with van der Waals surface area (Å²) in [5, 5.41) is 12.7. The lowest BCUT2D eigenvalue weighted by atomic mass is 10.1. The zero-order valence-corrected chi connectivity index (χ0v) is 7.63. The third-order valence-corrected chi connectivity index (χ3v) is 2.23. The number of hydrogen-bond donors (Lipinski definition) is 2. The van der Waals surface area contributed by atoms with Crippen molar-refractivity contribution in [1.82, 2.24) is 5.32 Å². The van der Waals surface area contributed by atoms with E-state index in [2.05, 4.69) is 5.32 Å². The summed E-state index contributed by atoms with van der Waals surface area (Å²) in [6, 6.07) is 3.65. The Morgan fingerprint density at radius 1 is 1.46 bits per heavy atom. The van der Waals surface area contributed by atoms with Crippen molar-refractivity contribution >= 4 is 0 Å². The fourth-order valence-electron chi connectivity index (χ4n) is 1.47. The van der Waals surface area contributed by atoms with Crippen LogP contribution >= 0.6 is 0 Å². The minimum Gasteiger partial charge on any atom is -0.508 e. The van der Waals surface area contributed by atoms with Gasteiger partial charge in [-0.2, -0.15) is 0 Å². The molecule has 3 nitrogen and oxygen atoms in total. The molecule has 0 radical (unpaired) electrons. The average molecular weight is 179 g/mol. The van der Waals surface area contributed by atoms with E-state index in [1.165, 1.54) is 0 Å². The molecule has 0 saturated carbocycles. The van der Waals surface area contributed by atoms with Gasteiger partial charge < -0.3 is 15.2 Å². The minimum absolute atomic E-state index is 0.306. The van der Waals surface area contributed by atoms with Gasteiger partial charge in [-0.3, -0.25) is 0 Å². The number of benzene rings is 1. The molecule has 0 saturated heterocycles. The predicted molar refractivity (Wildman–Crippen MR) is 50.0 cm³/mol. The van der Waals surface area contributed by atoms with Crippen molar-refractivity contribution in [3.8, 4) is 11.5 Å². The highest BCUT2D eigenvalue weighted by atomic mass is 16.5. The SMILES string of the molecule is Cc1cc2c(cc1O)OCCNC2. The number of phenolic OH excluding ortho intramolecular Hbond substituents is 1. The van der Waals surface area contributed by atoms with Gasteiger partial charge in [-0.1, -0.05) is 0 Å². The third-order valence-electron chi connectivity index (χ3n) is 2.23. The lowest BCUT2D eigenvalue weighted by Gasteiger charge is -2.08. The Balaban J connectivity index is 2.43. The number of rotatable bonds is 0. The molecule has 0 unspecified atom stereocenters. The molecule has 1 aromatic rings. The molecule has 0 spiro atoms. The van der Waals surface area contributed by atoms with Gasteiger partial charge in [0.1, 0.15) is 18.1 Å². The molecule has 0 aliphatic carbocycles. The highest BCUT2D eigenvalue weighted by Crippen LogP contribution is 2.28. The van der Waals surface area contributed by atoms with E-state index in [4.69, 9.17) is 4.74 Å². The van der Waals surface area contributed by atoms with Crippen molar-refractivity contribution in [2.24, 2.45) is 0 Å². The summed E-state index contributed by atoms with van der Waals surface area (Å²) >= 11 is 0. The topological polar surface area (TPSA) is 41.5 Å². The zero-order valence-electron chi connectivity index (χ0n) is 7.63. The van der Waals surface area contributed by atoms with Crippen LogP contribution in [0.5, 0.6) is 11.5 Å². The standard InChI is InChI=1S/C10H13NO2/c1-7-4-8-6-11-2-3-13-10(8)5-9(7)12/h4-5,11-12H,2-3,6H2,1H3. The monoisotopic (exact) mass is 179 g/mol. The summed E-state index contributed by atoms with van der Waals surface area (Å²) in [4.78, 5) is 0. The van der Waals surface area contributed by atoms with Crippen LogP contribution in [0.1, 0.15) is 11.1 Å². The fourth-order valence-corrected chi connectivity index (χ4v) is 1.47. The van der Waals surface area contributed by atoms with E-state index in [0.717, 1.165) is 30.0 Å².